The Morgan fingerprint density at radius 2 is 2.00 bits per heavy atom. The molecule has 1 heterocycles. The number of benzene rings is 1. The molecule has 1 aromatic carbocycles. The molecule has 0 aliphatic rings. The van der Waals surface area contributed by atoms with Crippen molar-refractivity contribution in [2.75, 3.05) is 0 Å². The Morgan fingerprint density at radius 1 is 1.33 bits per heavy atom. The third-order valence-corrected chi connectivity index (χ3v) is 3.31. The summed E-state index contributed by atoms with van der Waals surface area (Å²) < 4.78 is 0. The molecule has 2 N–H and O–H groups in total. The predicted molar refractivity (Wildman–Crippen MR) is 73.1 cm³/mol. The second-order valence-corrected chi connectivity index (χ2v) is 5.81. The van der Waals surface area contributed by atoms with Gasteiger partial charge in [0.05, 0.1) is 6.42 Å². The minimum Gasteiger partial charge on any atom is -0.481 e. The van der Waals surface area contributed by atoms with Crippen LogP contribution in [0.4, 0.5) is 0 Å². The van der Waals surface area contributed by atoms with E-state index in [1.165, 1.54) is 5.56 Å². The summed E-state index contributed by atoms with van der Waals surface area (Å²) in [6.45, 7) is 8.40. The molecule has 96 valence electrons. The van der Waals surface area contributed by atoms with Crippen LogP contribution in [0.2, 0.25) is 0 Å². The maximum atomic E-state index is 10.9. The molecule has 3 nitrogen and oxygen atoms in total. The first-order chi connectivity index (χ1) is 8.29. The molecule has 0 aliphatic heterocycles. The summed E-state index contributed by atoms with van der Waals surface area (Å²) in [5.41, 5.74) is 4.14. The van der Waals surface area contributed by atoms with E-state index in [2.05, 4.69) is 37.9 Å². The molecule has 2 rings (SSSR count). The number of aromatic nitrogens is 1. The Morgan fingerprint density at radius 3 is 2.56 bits per heavy atom. The van der Waals surface area contributed by atoms with Crippen LogP contribution in [0.1, 0.15) is 37.6 Å². The lowest BCUT2D eigenvalue weighted by atomic mass is 9.86. The van der Waals surface area contributed by atoms with Crippen molar-refractivity contribution < 1.29 is 9.90 Å². The van der Waals surface area contributed by atoms with Gasteiger partial charge in [0.2, 0.25) is 0 Å². The number of carbonyl (C=O) groups is 1. The lowest BCUT2D eigenvalue weighted by molar-refractivity contribution is -0.136. The van der Waals surface area contributed by atoms with E-state index in [1.807, 2.05) is 13.0 Å². The molecule has 18 heavy (non-hydrogen) atoms. The van der Waals surface area contributed by atoms with Gasteiger partial charge in [-0.2, -0.15) is 0 Å². The first-order valence-corrected chi connectivity index (χ1v) is 6.12. The van der Waals surface area contributed by atoms with Gasteiger partial charge in [-0.3, -0.25) is 4.79 Å². The third kappa shape index (κ3) is 2.26. The zero-order valence-corrected chi connectivity index (χ0v) is 11.3. The Bertz CT molecular complexity index is 603. The Kier molecular flexibility index (Phi) is 2.93. The molecule has 1 aromatic heterocycles. The number of nitrogens with one attached hydrogen (secondary N) is 1. The number of H-pyrrole nitrogens is 1. The normalized spacial score (nSPS) is 12.0. The van der Waals surface area contributed by atoms with Gasteiger partial charge >= 0.3 is 5.97 Å². The fraction of sp³-hybridized carbons (Fsp3) is 0.400. The second kappa shape index (κ2) is 4.16. The van der Waals surface area contributed by atoms with Crippen LogP contribution in [-0.4, -0.2) is 16.1 Å². The van der Waals surface area contributed by atoms with Gasteiger partial charge in [0.25, 0.3) is 0 Å². The number of aliphatic carboxylic acids is 1. The predicted octanol–water partition coefficient (Wildman–Crippen LogP) is 3.40. The maximum Gasteiger partial charge on any atom is 0.307 e. The van der Waals surface area contributed by atoms with Gasteiger partial charge < -0.3 is 10.1 Å². The SMILES string of the molecule is Cc1[nH]c2ccc(C(C)(C)C)cc2c1CC(=O)O. The summed E-state index contributed by atoms with van der Waals surface area (Å²) in [5.74, 6) is -0.792. The number of hydrogen-bond donors (Lipinski definition) is 2. The monoisotopic (exact) mass is 245 g/mol. The number of fused-ring (bicyclic) bond motifs is 1. The molecule has 0 bridgehead atoms. The lowest BCUT2D eigenvalue weighted by Gasteiger charge is -2.19. The van der Waals surface area contributed by atoms with E-state index in [4.69, 9.17) is 5.11 Å². The molecule has 2 aromatic rings. The highest BCUT2D eigenvalue weighted by Gasteiger charge is 2.17. The van der Waals surface area contributed by atoms with E-state index in [-0.39, 0.29) is 11.8 Å². The molecule has 3 heteroatoms. The van der Waals surface area contributed by atoms with Crippen molar-refractivity contribution in [2.45, 2.75) is 39.5 Å². The highest BCUT2D eigenvalue weighted by molar-refractivity contribution is 5.89. The molecular formula is C15H19NO2. The van der Waals surface area contributed by atoms with Crippen LogP contribution in [0, 0.1) is 6.92 Å². The van der Waals surface area contributed by atoms with Crippen molar-refractivity contribution in [3.8, 4) is 0 Å². The van der Waals surface area contributed by atoms with Crippen molar-refractivity contribution in [3.63, 3.8) is 0 Å². The highest BCUT2D eigenvalue weighted by atomic mass is 16.4. The van der Waals surface area contributed by atoms with E-state index in [0.29, 0.717) is 0 Å². The average molecular weight is 245 g/mol. The first kappa shape index (κ1) is 12.7. The second-order valence-electron chi connectivity index (χ2n) is 5.81. The van der Waals surface area contributed by atoms with Crippen molar-refractivity contribution in [1.82, 2.24) is 4.98 Å². The molecule has 0 unspecified atom stereocenters. The summed E-state index contributed by atoms with van der Waals surface area (Å²) in [5, 5.41) is 10.0. The largest absolute Gasteiger partial charge is 0.481 e. The van der Waals surface area contributed by atoms with Crippen LogP contribution < -0.4 is 0 Å². The topological polar surface area (TPSA) is 53.1 Å². The Hall–Kier alpha value is -1.77. The molecule has 0 radical (unpaired) electrons. The van der Waals surface area contributed by atoms with E-state index in [9.17, 15) is 4.79 Å². The Balaban J connectivity index is 2.63. The molecule has 0 atom stereocenters. The lowest BCUT2D eigenvalue weighted by Crippen LogP contribution is -2.10. The van der Waals surface area contributed by atoms with E-state index < -0.39 is 5.97 Å². The fourth-order valence-corrected chi connectivity index (χ4v) is 2.23. The van der Waals surface area contributed by atoms with Crippen LogP contribution in [0.3, 0.4) is 0 Å². The molecule has 0 saturated carbocycles. The van der Waals surface area contributed by atoms with Gasteiger partial charge in [0.15, 0.2) is 0 Å². The standard InChI is InChI=1S/C15H19NO2/c1-9-11(8-14(17)18)12-7-10(15(2,3)4)5-6-13(12)16-9/h5-7,16H,8H2,1-4H3,(H,17,18). The number of aromatic amines is 1. The number of carboxylic acid groups (broad SMARTS) is 1. The van der Waals surface area contributed by atoms with Crippen LogP contribution >= 0.6 is 0 Å². The molecule has 0 aliphatic carbocycles. The first-order valence-electron chi connectivity index (χ1n) is 6.12. The van der Waals surface area contributed by atoms with Gasteiger partial charge in [-0.15, -0.1) is 0 Å². The molecule has 0 spiro atoms. The van der Waals surface area contributed by atoms with Crippen molar-refractivity contribution in [1.29, 1.82) is 0 Å². The minimum absolute atomic E-state index is 0.0689. The van der Waals surface area contributed by atoms with Crippen LogP contribution in [0.15, 0.2) is 18.2 Å². The smallest absolute Gasteiger partial charge is 0.307 e. The van der Waals surface area contributed by atoms with Crippen molar-refractivity contribution in [3.05, 3.63) is 35.0 Å². The van der Waals surface area contributed by atoms with Crippen molar-refractivity contribution in [2.24, 2.45) is 0 Å². The van der Waals surface area contributed by atoms with Gasteiger partial charge in [-0.25, -0.2) is 0 Å². The number of aryl methyl sites for hydroxylation is 1. The quantitative estimate of drug-likeness (QED) is 0.852. The van der Waals surface area contributed by atoms with E-state index in [0.717, 1.165) is 22.2 Å². The third-order valence-electron chi connectivity index (χ3n) is 3.31. The van der Waals surface area contributed by atoms with Crippen LogP contribution in [0.5, 0.6) is 0 Å². The summed E-state index contributed by atoms with van der Waals surface area (Å²) in [7, 11) is 0. The van der Waals surface area contributed by atoms with Crippen LogP contribution in [0.25, 0.3) is 10.9 Å². The summed E-state index contributed by atoms with van der Waals surface area (Å²) >= 11 is 0. The maximum absolute atomic E-state index is 10.9. The fourth-order valence-electron chi connectivity index (χ4n) is 2.23. The van der Waals surface area contributed by atoms with E-state index in [1.54, 1.807) is 0 Å². The summed E-state index contributed by atoms with van der Waals surface area (Å²) in [4.78, 5) is 14.2. The van der Waals surface area contributed by atoms with Gasteiger partial charge in [0, 0.05) is 16.6 Å². The zero-order valence-electron chi connectivity index (χ0n) is 11.3. The van der Waals surface area contributed by atoms with Gasteiger partial charge in [0.1, 0.15) is 0 Å². The average Bonchev–Trinajstić information content (AvgIpc) is 2.53. The van der Waals surface area contributed by atoms with Gasteiger partial charge in [-0.05, 0) is 35.6 Å². The zero-order chi connectivity index (χ0) is 13.5. The highest BCUT2D eigenvalue weighted by Crippen LogP contribution is 2.29. The van der Waals surface area contributed by atoms with Crippen LogP contribution in [-0.2, 0) is 16.6 Å². The molecule has 0 saturated heterocycles. The molecular weight excluding hydrogens is 226 g/mol. The number of rotatable bonds is 2. The molecule has 0 amide bonds. The summed E-state index contributed by atoms with van der Waals surface area (Å²) in [6.07, 6.45) is 0.0689. The van der Waals surface area contributed by atoms with Crippen molar-refractivity contribution >= 4 is 16.9 Å². The van der Waals surface area contributed by atoms with E-state index >= 15 is 0 Å². The Labute approximate surface area is 107 Å². The number of carboxylic acids is 1. The molecule has 0 fully saturated rings. The number of hydrogen-bond acceptors (Lipinski definition) is 1. The summed E-state index contributed by atoms with van der Waals surface area (Å²) in [6, 6.07) is 6.24. The minimum atomic E-state index is -0.792. The van der Waals surface area contributed by atoms with Gasteiger partial charge in [-0.1, -0.05) is 26.8 Å².